The van der Waals surface area contributed by atoms with Crippen molar-refractivity contribution in [2.75, 3.05) is 19.5 Å². The molecule has 18 heteroatoms. The summed E-state index contributed by atoms with van der Waals surface area (Å²) in [6.07, 6.45) is 15.3. The molecule has 7 rings (SSSR count). The average Bonchev–Trinajstić information content (AvgIpc) is 3.96. The smallest absolute Gasteiger partial charge is 0.330 e. The maximum absolute atomic E-state index is 11.1. The summed E-state index contributed by atoms with van der Waals surface area (Å²) in [4.78, 5) is 68.3. The predicted octanol–water partition coefficient (Wildman–Crippen LogP) is 3.87. The van der Waals surface area contributed by atoms with Crippen LogP contribution in [0.3, 0.4) is 0 Å². The molecule has 7 heterocycles. The number of nitrogens with zero attached hydrogens (tertiary/aromatic N) is 8. The number of aromatic nitrogens is 7. The topological polar surface area (TPSA) is 265 Å². The molecular weight excluding hydrogens is 761 g/mol. The van der Waals surface area contributed by atoms with E-state index in [1.165, 1.54) is 14.0 Å². The van der Waals surface area contributed by atoms with Crippen LogP contribution in [0.25, 0.3) is 16.9 Å². The Morgan fingerprint density at radius 2 is 1.22 bits per heavy atom. The Balaban J connectivity index is 0.000000254. The van der Waals surface area contributed by atoms with Crippen LogP contribution in [0, 0.1) is 11.3 Å². The summed E-state index contributed by atoms with van der Waals surface area (Å²) in [6, 6.07) is 24.1. The van der Waals surface area contributed by atoms with Crippen molar-refractivity contribution >= 4 is 52.9 Å². The van der Waals surface area contributed by atoms with Gasteiger partial charge in [-0.25, -0.2) is 24.7 Å². The molecule has 5 N–H and O–H groups in total. The number of primary amides is 1. The van der Waals surface area contributed by atoms with Gasteiger partial charge in [-0.05, 0) is 61.5 Å². The maximum Gasteiger partial charge on any atom is 0.330 e. The number of nitrogen functional groups attached to an aromatic ring is 1. The van der Waals surface area contributed by atoms with Crippen LogP contribution < -0.4 is 11.5 Å². The molecule has 0 spiro atoms. The third-order valence-corrected chi connectivity index (χ3v) is 7.01. The van der Waals surface area contributed by atoms with Crippen LogP contribution >= 0.6 is 0 Å². The van der Waals surface area contributed by atoms with E-state index in [9.17, 15) is 24.0 Å². The van der Waals surface area contributed by atoms with Crippen molar-refractivity contribution in [1.82, 2.24) is 33.1 Å². The van der Waals surface area contributed by atoms with Crippen LogP contribution in [0.2, 0.25) is 0 Å². The van der Waals surface area contributed by atoms with Crippen molar-refractivity contribution < 1.29 is 38.6 Å². The van der Waals surface area contributed by atoms with E-state index in [0.29, 0.717) is 24.4 Å². The fraction of sp³-hybridized carbons (Fsp3) is 0.171. The molecule has 0 unspecified atom stereocenters. The first kappa shape index (κ1) is 47.0. The van der Waals surface area contributed by atoms with Crippen molar-refractivity contribution in [3.63, 3.8) is 0 Å². The highest BCUT2D eigenvalue weighted by molar-refractivity contribution is 5.86. The minimum Gasteiger partial charge on any atom is -0.481 e. The summed E-state index contributed by atoms with van der Waals surface area (Å²) in [7, 11) is 1.38. The van der Waals surface area contributed by atoms with Crippen LogP contribution in [0.1, 0.15) is 30.9 Å². The summed E-state index contributed by atoms with van der Waals surface area (Å²) >= 11 is 0. The number of carboxylic acids is 1. The van der Waals surface area contributed by atoms with E-state index in [1.807, 2.05) is 87.9 Å². The molecule has 1 amide bonds. The van der Waals surface area contributed by atoms with Crippen molar-refractivity contribution in [2.45, 2.75) is 33.1 Å². The van der Waals surface area contributed by atoms with Gasteiger partial charge in [-0.3, -0.25) is 19.2 Å². The number of methoxy groups -OCH3 is 1. The van der Waals surface area contributed by atoms with Crippen LogP contribution in [0.4, 0.5) is 5.82 Å². The first-order chi connectivity index (χ1) is 28.5. The van der Waals surface area contributed by atoms with Crippen LogP contribution in [0.15, 0.2) is 128 Å². The second-order valence-electron chi connectivity index (χ2n) is 11.2. The molecule has 0 saturated heterocycles. The van der Waals surface area contributed by atoms with Crippen molar-refractivity contribution in [3.8, 4) is 6.07 Å². The van der Waals surface area contributed by atoms with Gasteiger partial charge in [-0.15, -0.1) is 0 Å². The summed E-state index contributed by atoms with van der Waals surface area (Å²) in [5, 5.41) is 15.9. The quantitative estimate of drug-likeness (QED) is 0.106. The lowest BCUT2D eigenvalue weighted by Crippen LogP contribution is -2.14. The minimum atomic E-state index is -0.842. The number of aldehydes is 1. The van der Waals surface area contributed by atoms with E-state index in [1.54, 1.807) is 54.4 Å². The van der Waals surface area contributed by atoms with Crippen LogP contribution in [0.5, 0.6) is 0 Å². The Hall–Kier alpha value is -8.20. The average molecular weight is 805 g/mol. The van der Waals surface area contributed by atoms with Crippen LogP contribution in [-0.2, 0) is 52.7 Å². The summed E-state index contributed by atoms with van der Waals surface area (Å²) in [6.45, 7) is 3.47. The number of carboxylic acid groups (broad SMARTS) is 1. The Morgan fingerprint density at radius 1 is 0.763 bits per heavy atom. The van der Waals surface area contributed by atoms with Crippen molar-refractivity contribution in [1.29, 1.82) is 5.26 Å². The lowest BCUT2D eigenvalue weighted by Gasteiger charge is -1.99. The molecule has 0 radical (unpaired) electrons. The molecule has 0 atom stereocenters. The zero-order valence-electron chi connectivity index (χ0n) is 32.6. The molecular formula is C41H44N10O8. The number of amides is 1. The summed E-state index contributed by atoms with van der Waals surface area (Å²) in [5.41, 5.74) is 15.1. The number of carbonyl (C=O) groups is 5. The third-order valence-electron chi connectivity index (χ3n) is 7.01. The molecule has 306 valence electrons. The Kier molecular flexibility index (Phi) is 21.2. The standard InChI is InChI=1S/C10H10N2O2.C9H9N3O.C9H8N2O2.C6H8O3.C5H6N2.C2H3N/c1-14-10(13)6-8-7-11-9-4-2-3-5-12(8)9;10-8(13)5-7-6-11-9-3-1-2-4-12(7)9;12-9(13)5-7-6-10-8-3-1-2-4-11(7)8;1-2-9-6(8)4-3-5-7;6-5-3-1-2-4-7-5;1-2-3/h2-5,7H,6H2,1H3;1-4,6H,5H2,(H2,10,13);1-4,6H,5H2,(H,12,13);3-5H,2H2,1H3;1-4H,(H2,6,7);1H3/b;;;4-3+;;. The van der Waals surface area contributed by atoms with Gasteiger partial charge in [0.2, 0.25) is 5.91 Å². The number of imidazole rings is 3. The normalized spacial score (nSPS) is 9.66. The van der Waals surface area contributed by atoms with Gasteiger partial charge in [-0.2, -0.15) is 5.26 Å². The molecule has 7 aromatic rings. The van der Waals surface area contributed by atoms with Crippen molar-refractivity contribution in [2.24, 2.45) is 5.73 Å². The molecule has 0 fully saturated rings. The number of esters is 2. The number of nitriles is 1. The number of hydrogen-bond acceptors (Lipinski definition) is 13. The molecule has 7 aromatic heterocycles. The van der Waals surface area contributed by atoms with Gasteiger partial charge in [0.25, 0.3) is 0 Å². The molecule has 0 saturated carbocycles. The number of ether oxygens (including phenoxy) is 2. The number of carbonyl (C=O) groups excluding carboxylic acids is 4. The Morgan fingerprint density at radius 3 is 1.58 bits per heavy atom. The lowest BCUT2D eigenvalue weighted by molar-refractivity contribution is -0.140. The number of anilines is 1. The summed E-state index contributed by atoms with van der Waals surface area (Å²) < 4.78 is 14.5. The van der Waals surface area contributed by atoms with E-state index in [4.69, 9.17) is 21.8 Å². The highest BCUT2D eigenvalue weighted by Gasteiger charge is 2.08. The zero-order valence-corrected chi connectivity index (χ0v) is 32.6. The van der Waals surface area contributed by atoms with E-state index in [0.717, 1.165) is 40.5 Å². The number of allylic oxidation sites excluding steroid dienone is 1. The fourth-order valence-electron chi connectivity index (χ4n) is 4.59. The number of rotatable bonds is 9. The number of aliphatic carboxylic acids is 1. The van der Waals surface area contributed by atoms with Gasteiger partial charge in [0, 0.05) is 56.4 Å². The molecule has 0 aliphatic carbocycles. The predicted molar refractivity (Wildman–Crippen MR) is 217 cm³/mol. The molecule has 0 aromatic carbocycles. The van der Waals surface area contributed by atoms with E-state index in [-0.39, 0.29) is 31.1 Å². The van der Waals surface area contributed by atoms with Gasteiger partial charge >= 0.3 is 17.9 Å². The molecule has 18 nitrogen and oxygen atoms in total. The van der Waals surface area contributed by atoms with Gasteiger partial charge in [0.15, 0.2) is 0 Å². The first-order valence-electron chi connectivity index (χ1n) is 17.5. The summed E-state index contributed by atoms with van der Waals surface area (Å²) in [5.74, 6) is -1.35. The Bertz CT molecular complexity index is 2360. The SMILES string of the molecule is CC#N.CCOC(=O)/C=C/C=O.COC(=O)Cc1cnc2ccccn12.NC(=O)Cc1cnc2ccccn12.Nc1ccccn1.O=C(O)Cc1cnc2ccccn12. The van der Waals surface area contributed by atoms with E-state index in [2.05, 4.69) is 29.4 Å². The highest BCUT2D eigenvalue weighted by atomic mass is 16.5. The number of nitrogens with two attached hydrogens (primary N) is 2. The second kappa shape index (κ2) is 26.6. The number of pyridine rings is 4. The molecule has 0 aliphatic rings. The van der Waals surface area contributed by atoms with Gasteiger partial charge in [-0.1, -0.05) is 24.3 Å². The number of hydrogen-bond donors (Lipinski definition) is 3. The highest BCUT2D eigenvalue weighted by Crippen LogP contribution is 2.08. The van der Waals surface area contributed by atoms with Gasteiger partial charge < -0.3 is 39.2 Å². The minimum absolute atomic E-state index is 0.00514. The van der Waals surface area contributed by atoms with Crippen LogP contribution in [-0.4, -0.2) is 82.1 Å². The number of fused-ring (bicyclic) bond motifs is 3. The molecule has 0 bridgehead atoms. The van der Waals surface area contributed by atoms with Gasteiger partial charge in [0.1, 0.15) is 29.0 Å². The lowest BCUT2D eigenvalue weighted by atomic mass is 10.3. The fourth-order valence-corrected chi connectivity index (χ4v) is 4.59. The van der Waals surface area contributed by atoms with E-state index < -0.39 is 11.9 Å². The second-order valence-corrected chi connectivity index (χ2v) is 11.2. The zero-order chi connectivity index (χ0) is 43.4. The molecule has 0 aliphatic heterocycles. The third kappa shape index (κ3) is 17.4. The molecule has 59 heavy (non-hydrogen) atoms. The maximum atomic E-state index is 11.1. The monoisotopic (exact) mass is 804 g/mol. The first-order valence-corrected chi connectivity index (χ1v) is 17.5. The van der Waals surface area contributed by atoms with E-state index >= 15 is 0 Å². The van der Waals surface area contributed by atoms with Crippen molar-refractivity contribution in [3.05, 3.63) is 145 Å². The van der Waals surface area contributed by atoms with Gasteiger partial charge in [0.05, 0.1) is 56.1 Å². The Labute approximate surface area is 339 Å². The largest absolute Gasteiger partial charge is 0.481 e.